The number of benzene rings is 1. The summed E-state index contributed by atoms with van der Waals surface area (Å²) in [7, 11) is 0. The Bertz CT molecular complexity index is 466. The van der Waals surface area contributed by atoms with Crippen molar-refractivity contribution in [2.75, 3.05) is 6.61 Å². The van der Waals surface area contributed by atoms with Gasteiger partial charge in [0.2, 0.25) is 0 Å². The minimum atomic E-state index is -0.311. The van der Waals surface area contributed by atoms with Crippen LogP contribution in [0.2, 0.25) is 0 Å². The van der Waals surface area contributed by atoms with Crippen molar-refractivity contribution in [3.05, 3.63) is 34.3 Å². The van der Waals surface area contributed by atoms with Crippen LogP contribution in [-0.2, 0) is 10.2 Å². The highest BCUT2D eigenvalue weighted by Crippen LogP contribution is 2.51. The molecule has 1 unspecified atom stereocenters. The second-order valence-corrected chi connectivity index (χ2v) is 6.94. The number of halogens is 1. The molecule has 0 saturated heterocycles. The van der Waals surface area contributed by atoms with Gasteiger partial charge in [-0.1, -0.05) is 41.9 Å². The van der Waals surface area contributed by atoms with Crippen molar-refractivity contribution in [3.63, 3.8) is 0 Å². The summed E-state index contributed by atoms with van der Waals surface area (Å²) in [4.78, 5) is 11.8. The fraction of sp³-hybridized carbons (Fsp3) is 0.562. The zero-order valence-corrected chi connectivity index (χ0v) is 13.9. The molecule has 1 atom stereocenters. The van der Waals surface area contributed by atoms with Crippen LogP contribution < -0.4 is 5.32 Å². The fourth-order valence-corrected chi connectivity index (χ4v) is 2.75. The van der Waals surface area contributed by atoms with E-state index in [0.717, 1.165) is 17.3 Å². The number of nitrogens with one attached hydrogen (secondary N) is 1. The number of carbonyl (C=O) groups is 1. The molecule has 1 amide bonds. The summed E-state index contributed by atoms with van der Waals surface area (Å²) in [6.45, 7) is 6.58. The van der Waals surface area contributed by atoms with Gasteiger partial charge in [-0.3, -0.25) is 0 Å². The highest BCUT2D eigenvalue weighted by Gasteiger charge is 2.49. The van der Waals surface area contributed by atoms with Gasteiger partial charge in [0.25, 0.3) is 0 Å². The van der Waals surface area contributed by atoms with E-state index in [4.69, 9.17) is 4.74 Å². The zero-order chi connectivity index (χ0) is 14.8. The summed E-state index contributed by atoms with van der Waals surface area (Å²) in [5.74, 6) is 0.359. The average Bonchev–Trinajstić information content (AvgIpc) is 3.18. The number of hydrogen-bond acceptors (Lipinski definition) is 2. The molecular formula is C16H22BrNO2. The Morgan fingerprint density at radius 3 is 2.40 bits per heavy atom. The van der Waals surface area contributed by atoms with Crippen molar-refractivity contribution in [3.8, 4) is 0 Å². The van der Waals surface area contributed by atoms with Gasteiger partial charge in [0, 0.05) is 15.9 Å². The molecule has 0 bridgehead atoms. The van der Waals surface area contributed by atoms with Crippen LogP contribution in [0.15, 0.2) is 28.7 Å². The Labute approximate surface area is 129 Å². The van der Waals surface area contributed by atoms with Crippen LogP contribution in [0, 0.1) is 5.92 Å². The van der Waals surface area contributed by atoms with Gasteiger partial charge in [0.15, 0.2) is 0 Å². The van der Waals surface area contributed by atoms with Crippen molar-refractivity contribution in [1.82, 2.24) is 5.32 Å². The Morgan fingerprint density at radius 2 is 1.90 bits per heavy atom. The molecule has 0 heterocycles. The molecule has 0 aliphatic heterocycles. The van der Waals surface area contributed by atoms with Gasteiger partial charge in [0.1, 0.15) is 0 Å². The monoisotopic (exact) mass is 339 g/mol. The SMILES string of the molecule is CC(C)COC(=O)NC(C)C1(c2ccc(Br)cc2)CC1. The van der Waals surface area contributed by atoms with Gasteiger partial charge in [-0.2, -0.15) is 0 Å². The smallest absolute Gasteiger partial charge is 0.407 e. The Balaban J connectivity index is 1.96. The first-order valence-corrected chi connectivity index (χ1v) is 7.93. The van der Waals surface area contributed by atoms with Crippen molar-refractivity contribution in [2.24, 2.45) is 5.92 Å². The molecule has 2 rings (SSSR count). The maximum Gasteiger partial charge on any atom is 0.407 e. The second kappa shape index (κ2) is 6.17. The van der Waals surface area contributed by atoms with Crippen molar-refractivity contribution >= 4 is 22.0 Å². The van der Waals surface area contributed by atoms with E-state index in [0.29, 0.717) is 12.5 Å². The van der Waals surface area contributed by atoms with Crippen LogP contribution in [0.25, 0.3) is 0 Å². The molecule has 0 spiro atoms. The molecule has 110 valence electrons. The van der Waals surface area contributed by atoms with E-state index in [1.807, 2.05) is 13.8 Å². The molecule has 0 radical (unpaired) electrons. The third-order valence-electron chi connectivity index (χ3n) is 3.92. The van der Waals surface area contributed by atoms with E-state index in [-0.39, 0.29) is 17.6 Å². The Kier molecular flexibility index (Phi) is 4.74. The van der Waals surface area contributed by atoms with Crippen LogP contribution in [-0.4, -0.2) is 18.7 Å². The third-order valence-corrected chi connectivity index (χ3v) is 4.45. The molecule has 4 heteroatoms. The molecule has 1 aromatic carbocycles. The highest BCUT2D eigenvalue weighted by atomic mass is 79.9. The Morgan fingerprint density at radius 1 is 1.30 bits per heavy atom. The van der Waals surface area contributed by atoms with Gasteiger partial charge in [-0.05, 0) is 43.4 Å². The summed E-state index contributed by atoms with van der Waals surface area (Å²) in [6, 6.07) is 8.46. The van der Waals surface area contributed by atoms with Gasteiger partial charge in [-0.25, -0.2) is 4.79 Å². The van der Waals surface area contributed by atoms with E-state index in [1.165, 1.54) is 5.56 Å². The van der Waals surface area contributed by atoms with Crippen LogP contribution in [0.3, 0.4) is 0 Å². The van der Waals surface area contributed by atoms with Crippen LogP contribution in [0.5, 0.6) is 0 Å². The first-order valence-electron chi connectivity index (χ1n) is 7.13. The van der Waals surface area contributed by atoms with Crippen molar-refractivity contribution < 1.29 is 9.53 Å². The van der Waals surface area contributed by atoms with Crippen LogP contribution in [0.4, 0.5) is 4.79 Å². The van der Waals surface area contributed by atoms with Crippen molar-refractivity contribution in [2.45, 2.75) is 45.1 Å². The number of carbonyl (C=O) groups excluding carboxylic acids is 1. The van der Waals surface area contributed by atoms with E-state index in [9.17, 15) is 4.79 Å². The summed E-state index contributed by atoms with van der Waals surface area (Å²) in [5.41, 5.74) is 1.37. The predicted octanol–water partition coefficient (Wildman–Crippen LogP) is 4.25. The standard InChI is InChI=1S/C16H22BrNO2/c1-11(2)10-20-15(19)18-12(3)16(8-9-16)13-4-6-14(17)7-5-13/h4-7,11-12H,8-10H2,1-3H3,(H,18,19). The van der Waals surface area contributed by atoms with Crippen molar-refractivity contribution in [1.29, 1.82) is 0 Å². The molecule has 20 heavy (non-hydrogen) atoms. The molecule has 0 aromatic heterocycles. The summed E-state index contributed by atoms with van der Waals surface area (Å²) < 4.78 is 6.27. The third kappa shape index (κ3) is 3.54. The minimum absolute atomic E-state index is 0.0809. The van der Waals surface area contributed by atoms with Gasteiger partial charge >= 0.3 is 6.09 Å². The molecular weight excluding hydrogens is 318 g/mol. The van der Waals surface area contributed by atoms with Crippen LogP contribution in [0.1, 0.15) is 39.2 Å². The maximum absolute atomic E-state index is 11.8. The first-order chi connectivity index (χ1) is 9.44. The number of alkyl carbamates (subject to hydrolysis) is 1. The van der Waals surface area contributed by atoms with Gasteiger partial charge < -0.3 is 10.1 Å². The largest absolute Gasteiger partial charge is 0.449 e. The maximum atomic E-state index is 11.8. The van der Waals surface area contributed by atoms with Gasteiger partial charge in [0.05, 0.1) is 6.61 Å². The van der Waals surface area contributed by atoms with E-state index >= 15 is 0 Å². The fourth-order valence-electron chi connectivity index (χ4n) is 2.49. The highest BCUT2D eigenvalue weighted by molar-refractivity contribution is 9.10. The topological polar surface area (TPSA) is 38.3 Å². The minimum Gasteiger partial charge on any atom is -0.449 e. The van der Waals surface area contributed by atoms with E-state index in [1.54, 1.807) is 0 Å². The van der Waals surface area contributed by atoms with Gasteiger partial charge in [-0.15, -0.1) is 0 Å². The van der Waals surface area contributed by atoms with Crippen LogP contribution >= 0.6 is 15.9 Å². The van der Waals surface area contributed by atoms with E-state index < -0.39 is 0 Å². The number of rotatable bonds is 5. The zero-order valence-electron chi connectivity index (χ0n) is 12.3. The number of amides is 1. The molecule has 1 fully saturated rings. The molecule has 1 saturated carbocycles. The Hall–Kier alpha value is -1.03. The normalized spacial score (nSPS) is 17.6. The predicted molar refractivity (Wildman–Crippen MR) is 83.8 cm³/mol. The summed E-state index contributed by atoms with van der Waals surface area (Å²) in [5, 5.41) is 2.98. The molecule has 3 nitrogen and oxygen atoms in total. The first kappa shape index (κ1) is 15.4. The summed E-state index contributed by atoms with van der Waals surface area (Å²) in [6.07, 6.45) is 1.91. The lowest BCUT2D eigenvalue weighted by Gasteiger charge is -2.25. The molecule has 1 aromatic rings. The quantitative estimate of drug-likeness (QED) is 0.870. The van der Waals surface area contributed by atoms with E-state index in [2.05, 4.69) is 52.4 Å². The number of hydrogen-bond donors (Lipinski definition) is 1. The molecule has 1 aliphatic rings. The lowest BCUT2D eigenvalue weighted by Crippen LogP contribution is -2.41. The lowest BCUT2D eigenvalue weighted by atomic mass is 9.89. The second-order valence-electron chi connectivity index (χ2n) is 6.02. The number of ether oxygens (including phenoxy) is 1. The molecule has 1 N–H and O–H groups in total. The molecule has 1 aliphatic carbocycles. The summed E-state index contributed by atoms with van der Waals surface area (Å²) >= 11 is 3.45. The average molecular weight is 340 g/mol. The lowest BCUT2D eigenvalue weighted by molar-refractivity contribution is 0.128.